The lowest BCUT2D eigenvalue weighted by Gasteiger charge is -2.33. The maximum absolute atomic E-state index is 14.5. The zero-order chi connectivity index (χ0) is 78.0. The van der Waals surface area contributed by atoms with Crippen LogP contribution < -0.4 is 55.3 Å². The number of nitrogens with zero attached hydrogens (tertiary/aromatic N) is 5. The molecule has 584 valence electrons. The molecule has 108 heavy (non-hydrogen) atoms. The molecule has 2 fully saturated rings. The second-order valence-corrected chi connectivity index (χ2v) is 27.8. The molecule has 1 aliphatic carbocycles. The van der Waals surface area contributed by atoms with Gasteiger partial charge < -0.3 is 84.3 Å². The molecule has 2 unspecified atom stereocenters. The third-order valence-electron chi connectivity index (χ3n) is 19.6. The van der Waals surface area contributed by atoms with Crippen molar-refractivity contribution in [2.45, 2.75) is 109 Å². The number of ether oxygens (including phenoxy) is 8. The van der Waals surface area contributed by atoms with E-state index in [1.54, 1.807) is 38.7 Å². The first-order chi connectivity index (χ1) is 51.7. The number of fused-ring (bicyclic) bond motifs is 4. The molecular weight excluding hydrogens is 1410 g/mol. The van der Waals surface area contributed by atoms with Crippen molar-refractivity contribution < 1.29 is 110 Å². The van der Waals surface area contributed by atoms with Crippen LogP contribution in [0.4, 0.5) is 11.4 Å². The Bertz CT molecular complexity index is 3850. The minimum Gasteiger partial charge on any atom is -0.493 e. The Morgan fingerprint density at radius 2 is 1.06 bits per heavy atom. The molecule has 2 saturated heterocycles. The lowest BCUT2D eigenvalue weighted by Crippen LogP contribution is -2.60. The third-order valence-corrected chi connectivity index (χ3v) is 19.6. The second kappa shape index (κ2) is 38.0. The van der Waals surface area contributed by atoms with Gasteiger partial charge in [0.25, 0.3) is 23.6 Å². The molecule has 0 aromatic heterocycles. The number of hydrogen-bond acceptors (Lipinski definition) is 23. The van der Waals surface area contributed by atoms with Gasteiger partial charge in [0, 0.05) is 82.2 Å². The van der Waals surface area contributed by atoms with Crippen molar-refractivity contribution in [2.75, 3.05) is 136 Å². The lowest BCUT2D eigenvalue weighted by atomic mass is 9.81. The summed E-state index contributed by atoms with van der Waals surface area (Å²) in [6.45, 7) is 13.4. The van der Waals surface area contributed by atoms with E-state index in [9.17, 15) is 72.2 Å². The Kier molecular flexibility index (Phi) is 28.8. The molecule has 0 spiro atoms. The summed E-state index contributed by atoms with van der Waals surface area (Å²) in [5.74, 6) is -14.7. The minimum atomic E-state index is -2.00. The first kappa shape index (κ1) is 81.8. The SMILES string of the molecule is C=C1C[C@H]2CN3C(=O)CNC(=O)[C@H](C(C)C)CC(=O)CCOCCOCCNC(=O)C(N4C(=O)C=CC4=O)C(C4C(=O)C=CC4=O)C(=O)NCCOCCOCCC(=O)N[C@@H](C(C)C)C(=O)NCC(=O)N4c5cc(c(OC)cc5C(=O)N5CC(=C)C[C@H]5[C@@H]4O)OCCCCCOc4cc3c(cc4OC)C(=O)N2C1. The number of anilines is 2. The highest BCUT2D eigenvalue weighted by Gasteiger charge is 2.53. The van der Waals surface area contributed by atoms with Gasteiger partial charge in [0.1, 0.15) is 17.9 Å². The highest BCUT2D eigenvalue weighted by Crippen LogP contribution is 2.43. The van der Waals surface area contributed by atoms with Gasteiger partial charge in [-0.05, 0) is 68.2 Å². The number of Topliss-reactive ketones (excluding diaryl/α,β-unsaturated/α-hetero) is 1. The fourth-order valence-electron chi connectivity index (χ4n) is 13.9. The highest BCUT2D eigenvalue weighted by molar-refractivity contribution is 6.22. The molecule has 6 aliphatic heterocycles. The number of aliphatic hydroxyl groups excluding tert-OH is 1. The van der Waals surface area contributed by atoms with Crippen LogP contribution in [0.1, 0.15) is 99.8 Å². The van der Waals surface area contributed by atoms with Crippen LogP contribution in [0.2, 0.25) is 0 Å². The summed E-state index contributed by atoms with van der Waals surface area (Å²) in [4.78, 5) is 199. The van der Waals surface area contributed by atoms with Crippen molar-refractivity contribution in [3.8, 4) is 23.0 Å². The largest absolute Gasteiger partial charge is 0.493 e. The second-order valence-electron chi connectivity index (χ2n) is 27.8. The maximum Gasteiger partial charge on any atom is 0.256 e. The van der Waals surface area contributed by atoms with Gasteiger partial charge in [0.05, 0.1) is 140 Å². The van der Waals surface area contributed by atoms with E-state index in [0.29, 0.717) is 36.2 Å². The molecule has 7 aliphatic rings. The molecule has 0 radical (unpaired) electrons. The van der Waals surface area contributed by atoms with Crippen LogP contribution >= 0.6 is 0 Å². The Labute approximate surface area is 624 Å². The van der Waals surface area contributed by atoms with Gasteiger partial charge in [-0.25, -0.2) is 0 Å². The molecule has 11 amide bonds. The maximum atomic E-state index is 14.5. The van der Waals surface area contributed by atoms with Crippen LogP contribution in [0.25, 0.3) is 0 Å². The molecule has 33 heteroatoms. The first-order valence-electron chi connectivity index (χ1n) is 36.2. The van der Waals surface area contributed by atoms with Gasteiger partial charge in [-0.2, -0.15) is 0 Å². The number of amides is 11. The fraction of sp³-hybridized carbons (Fsp3) is 0.547. The summed E-state index contributed by atoms with van der Waals surface area (Å²) in [5.41, 5.74) is 1.82. The fourth-order valence-corrected chi connectivity index (χ4v) is 13.9. The van der Waals surface area contributed by atoms with Crippen molar-refractivity contribution in [1.82, 2.24) is 41.3 Å². The lowest BCUT2D eigenvalue weighted by molar-refractivity contribution is -0.153. The zero-order valence-corrected chi connectivity index (χ0v) is 61.6. The highest BCUT2D eigenvalue weighted by atomic mass is 16.5. The number of allylic oxidation sites excluding steroid dienone is 2. The van der Waals surface area contributed by atoms with E-state index in [2.05, 4.69) is 39.7 Å². The van der Waals surface area contributed by atoms with Crippen molar-refractivity contribution in [3.63, 3.8) is 0 Å². The molecule has 6 heterocycles. The number of rotatable bonds is 6. The van der Waals surface area contributed by atoms with E-state index in [1.807, 2.05) is 0 Å². The summed E-state index contributed by atoms with van der Waals surface area (Å²) in [7, 11) is 2.81. The number of benzene rings is 2. The predicted octanol–water partition coefficient (Wildman–Crippen LogP) is 0.816. The van der Waals surface area contributed by atoms with E-state index in [0.717, 1.165) is 34.8 Å². The number of methoxy groups -OCH3 is 2. The normalized spacial score (nSPS) is 25.3. The zero-order valence-electron chi connectivity index (χ0n) is 61.6. The minimum absolute atomic E-state index is 0.00368. The van der Waals surface area contributed by atoms with Gasteiger partial charge in [-0.1, -0.05) is 52.0 Å². The van der Waals surface area contributed by atoms with Crippen LogP contribution in [0.15, 0.2) is 72.9 Å². The molecule has 0 saturated carbocycles. The van der Waals surface area contributed by atoms with Crippen LogP contribution in [0.3, 0.4) is 0 Å². The number of ketones is 3. The monoisotopic (exact) mass is 1500 g/mol. The molecule has 9 rings (SSSR count). The number of carbonyl (C=O) groups excluding carboxylic acids is 14. The first-order valence-corrected chi connectivity index (χ1v) is 36.2. The Morgan fingerprint density at radius 1 is 0.528 bits per heavy atom. The number of imide groups is 1. The van der Waals surface area contributed by atoms with Crippen molar-refractivity contribution in [1.29, 1.82) is 0 Å². The summed E-state index contributed by atoms with van der Waals surface area (Å²) in [6.07, 6.45) is 3.61. The van der Waals surface area contributed by atoms with Crippen molar-refractivity contribution in [3.05, 3.63) is 84.0 Å². The molecule has 7 atom stereocenters. The standard InChI is InChI=1S/C75H96N10O23/c1-42(2)48-32-47(86)16-22-103-26-28-106-25-19-77-72(97)68(85-61(90)14-15-62(85)91)66(65-54(87)12-13-55(65)88)70(95)76-18-24-105-29-27-104-23-17-60(89)80-67(43(3)4)71(96)79-38-64(93)84-52-36-59(57(102-8)34-50(52)74(99)83-40-45(6)31-53(83)75(84)100)108-21-11-9-10-20-107-58-35-51-49(33-56(58)101-7)73(98)81-39-44(5)30-46(81)41-82(51)63(92)37-78-69(48)94/h12-15,33-36,42-43,46,48,53,65-68,75,100H,5-6,9-11,16-32,37-41H2,1-4,7-8H3,(H,76,95)(H,77,97)(H,78,94)(H,79,96)(H,80,89)/t46-,48-,53-,66?,67-,68?,75-/m0/s1. The van der Waals surface area contributed by atoms with Gasteiger partial charge in [-0.15, -0.1) is 0 Å². The van der Waals surface area contributed by atoms with Crippen LogP contribution in [0, 0.1) is 29.6 Å². The molecule has 4 bridgehead atoms. The van der Waals surface area contributed by atoms with Gasteiger partial charge in [0.2, 0.25) is 41.4 Å². The van der Waals surface area contributed by atoms with Crippen LogP contribution in [0.5, 0.6) is 23.0 Å². The number of aliphatic hydroxyl groups is 1. The van der Waals surface area contributed by atoms with Gasteiger partial charge >= 0.3 is 0 Å². The molecule has 2 aromatic rings. The Hall–Kier alpha value is -10.2. The number of carbonyl (C=O) groups is 14. The Morgan fingerprint density at radius 3 is 1.65 bits per heavy atom. The van der Waals surface area contributed by atoms with Gasteiger partial charge in [-0.3, -0.25) is 76.9 Å². The molecular formula is C75H96N10O23. The summed E-state index contributed by atoms with van der Waals surface area (Å²) in [6, 6.07) is 1.43. The average molecular weight is 1510 g/mol. The quantitative estimate of drug-likeness (QED) is 0.132. The smallest absolute Gasteiger partial charge is 0.256 e. The van der Waals surface area contributed by atoms with Crippen LogP contribution in [-0.2, 0) is 76.5 Å². The predicted molar refractivity (Wildman–Crippen MR) is 384 cm³/mol. The van der Waals surface area contributed by atoms with E-state index in [1.165, 1.54) is 42.2 Å². The van der Waals surface area contributed by atoms with Crippen molar-refractivity contribution in [2.24, 2.45) is 29.6 Å². The van der Waals surface area contributed by atoms with Crippen LogP contribution in [-0.4, -0.2) is 259 Å². The van der Waals surface area contributed by atoms with E-state index >= 15 is 0 Å². The van der Waals surface area contributed by atoms with E-state index in [-0.39, 0.29) is 188 Å². The van der Waals surface area contributed by atoms with E-state index in [4.69, 9.17) is 37.9 Å². The summed E-state index contributed by atoms with van der Waals surface area (Å²) < 4.78 is 46.5. The summed E-state index contributed by atoms with van der Waals surface area (Å²) in [5, 5.41) is 25.1. The molecule has 6 N–H and O–H groups in total. The molecule has 2 aromatic carbocycles. The molecule has 33 nitrogen and oxygen atoms in total. The average Bonchev–Trinajstić information content (AvgIpc) is 1.59. The third kappa shape index (κ3) is 19.9. The Balaban J connectivity index is 0.899. The van der Waals surface area contributed by atoms with Crippen molar-refractivity contribution >= 4 is 93.7 Å². The topological polar surface area (TPSA) is 409 Å². The van der Waals surface area contributed by atoms with Gasteiger partial charge in [0.15, 0.2) is 40.8 Å². The number of nitrogens with one attached hydrogen (secondary N) is 5. The summed E-state index contributed by atoms with van der Waals surface area (Å²) >= 11 is 0. The van der Waals surface area contributed by atoms with E-state index < -0.39 is 138 Å². The number of hydrogen-bond donors (Lipinski definition) is 6.